The molecule has 1 aromatic carbocycles. The minimum absolute atomic E-state index is 0.405. The van der Waals surface area contributed by atoms with E-state index < -0.39 is 0 Å². The van der Waals surface area contributed by atoms with Crippen LogP contribution in [0.3, 0.4) is 0 Å². The Balaban J connectivity index is 2.19. The maximum Gasteiger partial charge on any atom is 0.177 e. The smallest absolute Gasteiger partial charge is 0.177 e. The number of nitrogens with zero attached hydrogens (tertiary/aromatic N) is 2. The molecular formula is C17H17N3O. The molecule has 0 aliphatic carbocycles. The Kier molecular flexibility index (Phi) is 3.22. The van der Waals surface area contributed by atoms with E-state index in [4.69, 9.17) is 10.3 Å². The summed E-state index contributed by atoms with van der Waals surface area (Å²) in [6.45, 7) is 6.11. The van der Waals surface area contributed by atoms with Gasteiger partial charge in [-0.1, -0.05) is 23.4 Å². The van der Waals surface area contributed by atoms with E-state index in [0.29, 0.717) is 11.6 Å². The Morgan fingerprint density at radius 1 is 0.952 bits per heavy atom. The normalized spacial score (nSPS) is 10.8. The molecule has 21 heavy (non-hydrogen) atoms. The third-order valence-corrected chi connectivity index (χ3v) is 3.67. The molecule has 0 spiro atoms. The lowest BCUT2D eigenvalue weighted by atomic mass is 9.98. The van der Waals surface area contributed by atoms with Crippen LogP contribution < -0.4 is 5.73 Å². The maximum absolute atomic E-state index is 6.02. The zero-order valence-electron chi connectivity index (χ0n) is 12.3. The minimum Gasteiger partial charge on any atom is -0.380 e. The van der Waals surface area contributed by atoms with Gasteiger partial charge in [0.1, 0.15) is 0 Å². The molecule has 0 fully saturated rings. The van der Waals surface area contributed by atoms with Crippen molar-refractivity contribution >= 4 is 5.82 Å². The highest BCUT2D eigenvalue weighted by molar-refractivity contribution is 5.86. The van der Waals surface area contributed by atoms with Crippen LogP contribution in [-0.4, -0.2) is 10.1 Å². The second kappa shape index (κ2) is 5.05. The Morgan fingerprint density at radius 3 is 2.48 bits per heavy atom. The number of nitrogens with two attached hydrogens (primary N) is 1. The fourth-order valence-corrected chi connectivity index (χ4v) is 2.36. The molecule has 0 amide bonds. The van der Waals surface area contributed by atoms with Crippen molar-refractivity contribution in [1.82, 2.24) is 10.1 Å². The number of aromatic nitrogens is 2. The number of aryl methyl sites for hydroxylation is 3. The average molecular weight is 279 g/mol. The highest BCUT2D eigenvalue weighted by atomic mass is 16.5. The largest absolute Gasteiger partial charge is 0.380 e. The summed E-state index contributed by atoms with van der Waals surface area (Å²) in [7, 11) is 0. The number of nitrogen functional groups attached to an aromatic ring is 1. The van der Waals surface area contributed by atoms with Gasteiger partial charge in [-0.25, -0.2) is 0 Å². The Labute approximate surface area is 123 Å². The predicted octanol–water partition coefficient (Wildman–Crippen LogP) is 3.91. The monoisotopic (exact) mass is 279 g/mol. The first kappa shape index (κ1) is 13.4. The van der Waals surface area contributed by atoms with Crippen LogP contribution in [0.25, 0.3) is 22.5 Å². The van der Waals surface area contributed by atoms with Crippen molar-refractivity contribution in [1.29, 1.82) is 0 Å². The van der Waals surface area contributed by atoms with E-state index >= 15 is 0 Å². The zero-order chi connectivity index (χ0) is 15.0. The van der Waals surface area contributed by atoms with Crippen LogP contribution >= 0.6 is 0 Å². The van der Waals surface area contributed by atoms with Crippen molar-refractivity contribution in [3.05, 3.63) is 53.3 Å². The fourth-order valence-electron chi connectivity index (χ4n) is 2.36. The molecule has 0 atom stereocenters. The van der Waals surface area contributed by atoms with Crippen LogP contribution in [0.5, 0.6) is 0 Å². The lowest BCUT2D eigenvalue weighted by Gasteiger charge is -2.06. The second-order valence-electron chi connectivity index (χ2n) is 5.26. The van der Waals surface area contributed by atoms with E-state index in [-0.39, 0.29) is 0 Å². The van der Waals surface area contributed by atoms with Gasteiger partial charge in [-0.05, 0) is 49.6 Å². The number of pyridine rings is 1. The summed E-state index contributed by atoms with van der Waals surface area (Å²) in [5.41, 5.74) is 12.2. The molecule has 0 aliphatic heterocycles. The molecule has 106 valence electrons. The van der Waals surface area contributed by atoms with Gasteiger partial charge in [0.15, 0.2) is 11.6 Å². The molecule has 2 N–H and O–H groups in total. The quantitative estimate of drug-likeness (QED) is 0.772. The van der Waals surface area contributed by atoms with E-state index in [0.717, 1.165) is 22.4 Å². The summed E-state index contributed by atoms with van der Waals surface area (Å²) in [5.74, 6) is 1.09. The molecule has 0 unspecified atom stereocenters. The molecule has 2 heterocycles. The van der Waals surface area contributed by atoms with Gasteiger partial charge in [0.2, 0.25) is 0 Å². The third-order valence-electron chi connectivity index (χ3n) is 3.67. The predicted molar refractivity (Wildman–Crippen MR) is 83.8 cm³/mol. The van der Waals surface area contributed by atoms with Gasteiger partial charge in [0.05, 0.1) is 5.56 Å². The number of hydrogen-bond acceptors (Lipinski definition) is 4. The Hall–Kier alpha value is -2.62. The average Bonchev–Trinajstić information content (AvgIpc) is 2.84. The number of hydrogen-bond donors (Lipinski definition) is 1. The second-order valence-corrected chi connectivity index (χ2v) is 5.26. The molecule has 4 nitrogen and oxygen atoms in total. The number of rotatable bonds is 2. The highest BCUT2D eigenvalue weighted by Crippen LogP contribution is 2.37. The molecule has 3 aromatic rings. The summed E-state index contributed by atoms with van der Waals surface area (Å²) in [4.78, 5) is 4.21. The Bertz CT molecular complexity index is 806. The van der Waals surface area contributed by atoms with Crippen molar-refractivity contribution in [3.8, 4) is 22.5 Å². The van der Waals surface area contributed by atoms with Crippen molar-refractivity contribution in [2.45, 2.75) is 20.8 Å². The minimum atomic E-state index is 0.405. The van der Waals surface area contributed by atoms with Crippen LogP contribution in [0.15, 0.2) is 41.1 Å². The number of benzene rings is 1. The van der Waals surface area contributed by atoms with Crippen LogP contribution in [-0.2, 0) is 0 Å². The SMILES string of the molecule is Cc1cc(-c2onc(N)c2-c2ccc(C)c(C)c2)ccn1. The molecule has 3 rings (SSSR count). The molecule has 0 bridgehead atoms. The van der Waals surface area contributed by atoms with Crippen molar-refractivity contribution in [2.75, 3.05) is 5.73 Å². The molecule has 2 aromatic heterocycles. The summed E-state index contributed by atoms with van der Waals surface area (Å²) < 4.78 is 5.46. The first-order valence-electron chi connectivity index (χ1n) is 6.82. The maximum atomic E-state index is 6.02. The highest BCUT2D eigenvalue weighted by Gasteiger charge is 2.18. The fraction of sp³-hybridized carbons (Fsp3) is 0.176. The van der Waals surface area contributed by atoms with Crippen LogP contribution in [0.2, 0.25) is 0 Å². The molecule has 0 saturated heterocycles. The first-order valence-corrected chi connectivity index (χ1v) is 6.82. The molecule has 0 aliphatic rings. The van der Waals surface area contributed by atoms with Gasteiger partial charge >= 0.3 is 0 Å². The van der Waals surface area contributed by atoms with E-state index in [2.05, 4.69) is 36.1 Å². The summed E-state index contributed by atoms with van der Waals surface area (Å²) >= 11 is 0. The first-order chi connectivity index (χ1) is 10.1. The van der Waals surface area contributed by atoms with Gasteiger partial charge in [0, 0.05) is 17.5 Å². The van der Waals surface area contributed by atoms with Gasteiger partial charge in [-0.3, -0.25) is 4.98 Å². The van der Waals surface area contributed by atoms with Gasteiger partial charge < -0.3 is 10.3 Å². The summed E-state index contributed by atoms with van der Waals surface area (Å²) in [5, 5.41) is 3.93. The van der Waals surface area contributed by atoms with Crippen LogP contribution in [0.4, 0.5) is 5.82 Å². The third kappa shape index (κ3) is 2.40. The molecule has 0 radical (unpaired) electrons. The number of anilines is 1. The molecule has 0 saturated carbocycles. The van der Waals surface area contributed by atoms with Crippen LogP contribution in [0.1, 0.15) is 16.8 Å². The summed E-state index contributed by atoms with van der Waals surface area (Å²) in [6, 6.07) is 10.1. The zero-order valence-corrected chi connectivity index (χ0v) is 12.3. The lowest BCUT2D eigenvalue weighted by Crippen LogP contribution is -1.91. The van der Waals surface area contributed by atoms with Crippen molar-refractivity contribution in [3.63, 3.8) is 0 Å². The van der Waals surface area contributed by atoms with Crippen LogP contribution in [0, 0.1) is 20.8 Å². The van der Waals surface area contributed by atoms with E-state index in [9.17, 15) is 0 Å². The standard InChI is InChI=1S/C17H17N3O/c1-10-4-5-13(8-11(10)2)15-16(21-20-17(15)18)14-6-7-19-12(3)9-14/h4-9H,1-3H3,(H2,18,20). The van der Waals surface area contributed by atoms with E-state index in [1.54, 1.807) is 6.20 Å². The van der Waals surface area contributed by atoms with Gasteiger partial charge in [-0.15, -0.1) is 0 Å². The van der Waals surface area contributed by atoms with Gasteiger partial charge in [0.25, 0.3) is 0 Å². The summed E-state index contributed by atoms with van der Waals surface area (Å²) in [6.07, 6.45) is 1.76. The Morgan fingerprint density at radius 2 is 1.76 bits per heavy atom. The topological polar surface area (TPSA) is 64.9 Å². The lowest BCUT2D eigenvalue weighted by molar-refractivity contribution is 0.436. The van der Waals surface area contributed by atoms with Crippen molar-refractivity contribution in [2.24, 2.45) is 0 Å². The molecular weight excluding hydrogens is 262 g/mol. The van der Waals surface area contributed by atoms with E-state index in [1.165, 1.54) is 11.1 Å². The van der Waals surface area contributed by atoms with E-state index in [1.807, 2.05) is 25.1 Å². The van der Waals surface area contributed by atoms with Crippen molar-refractivity contribution < 1.29 is 4.52 Å². The van der Waals surface area contributed by atoms with Gasteiger partial charge in [-0.2, -0.15) is 0 Å². The molecule has 4 heteroatoms.